The van der Waals surface area contributed by atoms with Crippen LogP contribution in [0.5, 0.6) is 5.88 Å². The first-order valence-electron chi connectivity index (χ1n) is 5.59. The number of primary sulfonamides is 1. The van der Waals surface area contributed by atoms with Gasteiger partial charge in [0.25, 0.3) is 10.0 Å². The van der Waals surface area contributed by atoms with Crippen molar-refractivity contribution in [3.8, 4) is 11.7 Å². The molecule has 2 aromatic rings. The van der Waals surface area contributed by atoms with E-state index in [1.54, 1.807) is 12.1 Å². The molecule has 0 aliphatic carbocycles. The number of carbonyl (C=O) groups excluding carboxylic acids is 1. The van der Waals surface area contributed by atoms with Gasteiger partial charge in [-0.15, -0.1) is 0 Å². The van der Waals surface area contributed by atoms with E-state index in [0.29, 0.717) is 0 Å². The fourth-order valence-corrected chi connectivity index (χ4v) is 2.48. The third kappa shape index (κ3) is 2.85. The van der Waals surface area contributed by atoms with Crippen LogP contribution in [0.15, 0.2) is 29.4 Å². The first-order chi connectivity index (χ1) is 9.88. The maximum absolute atomic E-state index is 11.7. The van der Waals surface area contributed by atoms with Gasteiger partial charge in [0.2, 0.25) is 5.88 Å². The molecule has 0 aromatic carbocycles. The Bertz CT molecular complexity index is 784. The van der Waals surface area contributed by atoms with Crippen LogP contribution < -0.4 is 9.88 Å². The number of esters is 1. The normalized spacial score (nSPS) is 11.2. The summed E-state index contributed by atoms with van der Waals surface area (Å²) >= 11 is 0. The highest BCUT2D eigenvalue weighted by atomic mass is 32.2. The van der Waals surface area contributed by atoms with E-state index in [4.69, 9.17) is 9.88 Å². The number of nitrogens with zero attached hydrogens (tertiary/aromatic N) is 3. The minimum absolute atomic E-state index is 0.133. The molecule has 10 heteroatoms. The largest absolute Gasteiger partial charge is 0.481 e. The lowest BCUT2D eigenvalue weighted by Gasteiger charge is -2.07. The standard InChI is InChI=1S/C11H12N4O5S/c1-19-9-5-3-4-8(14-9)15-10(21(12,17)18)7(6-13-15)11(16)20-2/h3-6H,1-2H3,(H2,12,17,18). The van der Waals surface area contributed by atoms with E-state index < -0.39 is 21.0 Å². The number of nitrogens with two attached hydrogens (primary N) is 1. The SMILES string of the molecule is COC(=O)c1cnn(-c2cccc(OC)n2)c1S(N)(=O)=O. The molecule has 2 aromatic heterocycles. The van der Waals surface area contributed by atoms with E-state index >= 15 is 0 Å². The summed E-state index contributed by atoms with van der Waals surface area (Å²) in [5.74, 6) is -0.482. The van der Waals surface area contributed by atoms with Gasteiger partial charge in [0, 0.05) is 6.07 Å². The molecule has 0 aliphatic heterocycles. The van der Waals surface area contributed by atoms with Crippen LogP contribution >= 0.6 is 0 Å². The number of carbonyl (C=O) groups is 1. The van der Waals surface area contributed by atoms with E-state index in [9.17, 15) is 13.2 Å². The van der Waals surface area contributed by atoms with E-state index in [2.05, 4.69) is 14.8 Å². The maximum Gasteiger partial charge on any atom is 0.342 e. The van der Waals surface area contributed by atoms with Crippen molar-refractivity contribution in [3.63, 3.8) is 0 Å². The second-order valence-corrected chi connectivity index (χ2v) is 5.33. The van der Waals surface area contributed by atoms with Crippen molar-refractivity contribution in [1.82, 2.24) is 14.8 Å². The molecule has 2 rings (SSSR count). The first kappa shape index (κ1) is 14.9. The van der Waals surface area contributed by atoms with Crippen LogP contribution in [-0.2, 0) is 14.8 Å². The van der Waals surface area contributed by atoms with Crippen LogP contribution in [0.1, 0.15) is 10.4 Å². The van der Waals surface area contributed by atoms with Crippen LogP contribution in [0.3, 0.4) is 0 Å². The second-order valence-electron chi connectivity index (χ2n) is 3.85. The Labute approximate surface area is 120 Å². The van der Waals surface area contributed by atoms with E-state index in [0.717, 1.165) is 18.0 Å². The van der Waals surface area contributed by atoms with Crippen LogP contribution in [0.2, 0.25) is 0 Å². The minimum atomic E-state index is -4.22. The Morgan fingerprint density at radius 1 is 1.33 bits per heavy atom. The van der Waals surface area contributed by atoms with E-state index in [1.807, 2.05) is 0 Å². The molecule has 2 N–H and O–H groups in total. The number of methoxy groups -OCH3 is 2. The number of sulfonamides is 1. The predicted molar refractivity (Wildman–Crippen MR) is 70.6 cm³/mol. The van der Waals surface area contributed by atoms with Gasteiger partial charge in [0.05, 0.1) is 20.4 Å². The number of pyridine rings is 1. The van der Waals surface area contributed by atoms with Gasteiger partial charge in [-0.05, 0) is 6.07 Å². The zero-order chi connectivity index (χ0) is 15.6. The molecule has 9 nitrogen and oxygen atoms in total. The third-order valence-corrected chi connectivity index (χ3v) is 3.47. The Morgan fingerprint density at radius 2 is 2.05 bits per heavy atom. The van der Waals surface area contributed by atoms with Gasteiger partial charge in [0.15, 0.2) is 10.8 Å². The van der Waals surface area contributed by atoms with Crippen LogP contribution in [0.25, 0.3) is 5.82 Å². The molecule has 0 spiro atoms. The van der Waals surface area contributed by atoms with Crippen molar-refractivity contribution in [3.05, 3.63) is 30.0 Å². The smallest absolute Gasteiger partial charge is 0.342 e. The topological polar surface area (TPSA) is 126 Å². The van der Waals surface area contributed by atoms with Gasteiger partial charge in [-0.2, -0.15) is 10.1 Å². The molecule has 0 amide bonds. The molecule has 0 bridgehead atoms. The Morgan fingerprint density at radius 3 is 2.62 bits per heavy atom. The van der Waals surface area contributed by atoms with Crippen molar-refractivity contribution in [2.24, 2.45) is 5.14 Å². The highest BCUT2D eigenvalue weighted by Gasteiger charge is 2.27. The molecule has 0 atom stereocenters. The fourth-order valence-electron chi connectivity index (χ4n) is 1.66. The summed E-state index contributed by atoms with van der Waals surface area (Å²) in [4.78, 5) is 15.6. The Balaban J connectivity index is 2.70. The van der Waals surface area contributed by atoms with Crippen molar-refractivity contribution in [2.45, 2.75) is 5.03 Å². The number of ether oxygens (including phenoxy) is 2. The van der Waals surface area contributed by atoms with Gasteiger partial charge < -0.3 is 9.47 Å². The first-order valence-corrected chi connectivity index (χ1v) is 7.13. The summed E-state index contributed by atoms with van der Waals surface area (Å²) in [6, 6.07) is 4.66. The van der Waals surface area contributed by atoms with Gasteiger partial charge in [0.1, 0.15) is 5.56 Å². The lowest BCUT2D eigenvalue weighted by molar-refractivity contribution is 0.0596. The van der Waals surface area contributed by atoms with Gasteiger partial charge >= 0.3 is 5.97 Å². The molecule has 2 heterocycles. The molecule has 0 radical (unpaired) electrons. The van der Waals surface area contributed by atoms with E-state index in [1.165, 1.54) is 13.2 Å². The molecule has 0 unspecified atom stereocenters. The summed E-state index contributed by atoms with van der Waals surface area (Å²) in [5, 5.41) is 8.48. The molecule has 112 valence electrons. The zero-order valence-electron chi connectivity index (χ0n) is 11.2. The number of hydrogen-bond donors (Lipinski definition) is 1. The van der Waals surface area contributed by atoms with Crippen LogP contribution in [0, 0.1) is 0 Å². The summed E-state index contributed by atoms with van der Waals surface area (Å²) < 4.78 is 33.9. The van der Waals surface area contributed by atoms with Crippen LogP contribution in [0.4, 0.5) is 0 Å². The molecule has 0 saturated carbocycles. The summed E-state index contributed by atoms with van der Waals surface area (Å²) in [6.07, 6.45) is 1.05. The zero-order valence-corrected chi connectivity index (χ0v) is 12.0. The van der Waals surface area contributed by atoms with Gasteiger partial charge in [-0.25, -0.2) is 23.0 Å². The number of rotatable bonds is 4. The lowest BCUT2D eigenvalue weighted by Crippen LogP contribution is -2.21. The minimum Gasteiger partial charge on any atom is -0.481 e. The predicted octanol–water partition coefficient (Wildman–Crippen LogP) is -0.290. The maximum atomic E-state index is 11.7. The van der Waals surface area contributed by atoms with Crippen LogP contribution in [-0.4, -0.2) is 43.4 Å². The van der Waals surface area contributed by atoms with Crippen molar-refractivity contribution in [2.75, 3.05) is 14.2 Å². The summed E-state index contributed by atoms with van der Waals surface area (Å²) in [6.45, 7) is 0. The Kier molecular flexibility index (Phi) is 3.91. The highest BCUT2D eigenvalue weighted by molar-refractivity contribution is 7.89. The van der Waals surface area contributed by atoms with Gasteiger partial charge in [-0.1, -0.05) is 6.07 Å². The molecule has 21 heavy (non-hydrogen) atoms. The Hall–Kier alpha value is -2.46. The second kappa shape index (κ2) is 5.50. The number of hydrogen-bond acceptors (Lipinski definition) is 7. The van der Waals surface area contributed by atoms with E-state index in [-0.39, 0.29) is 17.3 Å². The average molecular weight is 312 g/mol. The fraction of sp³-hybridized carbons (Fsp3) is 0.182. The molecular formula is C11H12N4O5S. The molecule has 0 aliphatic rings. The monoisotopic (exact) mass is 312 g/mol. The molecular weight excluding hydrogens is 300 g/mol. The molecule has 0 fully saturated rings. The number of aromatic nitrogens is 3. The lowest BCUT2D eigenvalue weighted by atomic mass is 10.4. The average Bonchev–Trinajstić information content (AvgIpc) is 2.91. The van der Waals surface area contributed by atoms with Crippen molar-refractivity contribution >= 4 is 16.0 Å². The quantitative estimate of drug-likeness (QED) is 0.768. The molecule has 0 saturated heterocycles. The van der Waals surface area contributed by atoms with Gasteiger partial charge in [-0.3, -0.25) is 0 Å². The third-order valence-electron chi connectivity index (χ3n) is 2.53. The van der Waals surface area contributed by atoms with Crippen molar-refractivity contribution < 1.29 is 22.7 Å². The summed E-state index contributed by atoms with van der Waals surface area (Å²) in [7, 11) is -1.69. The summed E-state index contributed by atoms with van der Waals surface area (Å²) in [5.41, 5.74) is -0.274. The highest BCUT2D eigenvalue weighted by Crippen LogP contribution is 2.20. The van der Waals surface area contributed by atoms with Crippen molar-refractivity contribution in [1.29, 1.82) is 0 Å².